The van der Waals surface area contributed by atoms with Gasteiger partial charge in [0.05, 0.1) is 60.8 Å². The van der Waals surface area contributed by atoms with Crippen LogP contribution in [-0.4, -0.2) is 130 Å². The van der Waals surface area contributed by atoms with Gasteiger partial charge in [0.1, 0.15) is 31.8 Å². The van der Waals surface area contributed by atoms with Crippen molar-refractivity contribution in [2.45, 2.75) is 95.5 Å². The Kier molecular flexibility index (Phi) is 16.7. The van der Waals surface area contributed by atoms with E-state index in [2.05, 4.69) is 31.9 Å². The number of cyclic esters (lactones) is 1. The van der Waals surface area contributed by atoms with Crippen LogP contribution in [0.3, 0.4) is 0 Å². The number of carbonyl (C=O) groups is 9. The minimum absolute atomic E-state index is 0.0171. The van der Waals surface area contributed by atoms with Crippen molar-refractivity contribution in [3.05, 3.63) is 110 Å². The van der Waals surface area contributed by atoms with E-state index < -0.39 is 110 Å². The number of nitrogens with one attached hydrogen (secondary N) is 6. The Bertz CT molecular complexity index is 3160. The average molecular weight is 1060 g/mol. The molecule has 0 saturated heterocycles. The van der Waals surface area contributed by atoms with Crippen LogP contribution in [0.2, 0.25) is 0 Å². The largest absolute Gasteiger partial charge is 0.458 e. The number of hydrogen-bond donors (Lipinski definition) is 8. The number of esters is 1. The van der Waals surface area contributed by atoms with Gasteiger partial charge < -0.3 is 56.2 Å². The molecule has 8 amide bonds. The average Bonchev–Trinajstić information content (AvgIpc) is 4.14. The van der Waals surface area contributed by atoms with Gasteiger partial charge in [-0.3, -0.25) is 48.1 Å². The van der Waals surface area contributed by atoms with E-state index in [0.717, 1.165) is 4.90 Å². The van der Waals surface area contributed by atoms with Crippen LogP contribution < -0.4 is 37.5 Å². The van der Waals surface area contributed by atoms with Crippen molar-refractivity contribution in [1.82, 2.24) is 46.4 Å². The molecule has 2 aromatic heterocycles. The molecule has 4 aromatic rings. The molecular formula is C53H58FN9O14. The van der Waals surface area contributed by atoms with Gasteiger partial charge in [-0.2, -0.15) is 0 Å². The highest BCUT2D eigenvalue weighted by Crippen LogP contribution is 2.48. The fraction of sp³-hybridized carbons (Fsp3) is 0.415. The number of nitrogens with zero attached hydrogens (tertiary/aromatic N) is 3. The van der Waals surface area contributed by atoms with Crippen LogP contribution in [0.1, 0.15) is 84.4 Å². The lowest BCUT2D eigenvalue weighted by molar-refractivity contribution is -0.172. The minimum Gasteiger partial charge on any atom is -0.458 e. The van der Waals surface area contributed by atoms with E-state index in [1.165, 1.54) is 28.9 Å². The van der Waals surface area contributed by atoms with Gasteiger partial charge in [0.15, 0.2) is 5.60 Å². The fourth-order valence-electron chi connectivity index (χ4n) is 10.1. The van der Waals surface area contributed by atoms with E-state index in [1.807, 2.05) is 0 Å². The van der Waals surface area contributed by atoms with Crippen molar-refractivity contribution in [2.24, 2.45) is 0 Å². The smallest absolute Gasteiger partial charge is 0.343 e. The second kappa shape index (κ2) is 23.3. The SMILES string of the molecule is CC[C@@]1(O)C(=O)OCc2c1cc1n(c2=O)Cc2c-1nc1cc(F)c(C)c3c1c2[C@@](CO)(NC(=O)COCNC(=O)CNC(=O)[C@H](Cc1ccccc1)NC(=O)CNC(=O)CNC(=O)CCCCCN1C(=O)C=CC1=O)CC3. The predicted molar refractivity (Wildman–Crippen MR) is 269 cm³/mol. The Balaban J connectivity index is 0.830. The van der Waals surface area contributed by atoms with Gasteiger partial charge in [0, 0.05) is 54.1 Å². The summed E-state index contributed by atoms with van der Waals surface area (Å²) in [5.41, 5.74) is -0.758. The van der Waals surface area contributed by atoms with Gasteiger partial charge in [-0.05, 0) is 67.3 Å². The van der Waals surface area contributed by atoms with Crippen LogP contribution in [-0.2, 0) is 89.8 Å². The number of benzene rings is 2. The maximum absolute atomic E-state index is 15.5. The molecule has 8 N–H and O–H groups in total. The van der Waals surface area contributed by atoms with E-state index >= 15 is 4.39 Å². The number of aliphatic hydroxyl groups excluding tert-OH is 1. The van der Waals surface area contributed by atoms with Crippen molar-refractivity contribution >= 4 is 64.1 Å². The fourth-order valence-corrected chi connectivity index (χ4v) is 10.1. The molecule has 0 radical (unpaired) electrons. The van der Waals surface area contributed by atoms with E-state index in [9.17, 15) is 58.2 Å². The van der Waals surface area contributed by atoms with Crippen molar-refractivity contribution in [1.29, 1.82) is 0 Å². The first-order valence-electron chi connectivity index (χ1n) is 25.1. The van der Waals surface area contributed by atoms with Crippen LogP contribution >= 0.6 is 0 Å². The summed E-state index contributed by atoms with van der Waals surface area (Å²) < 4.78 is 27.6. The van der Waals surface area contributed by atoms with Crippen molar-refractivity contribution in [3.63, 3.8) is 0 Å². The molecular weight excluding hydrogens is 1010 g/mol. The van der Waals surface area contributed by atoms with Gasteiger partial charge in [-0.25, -0.2) is 14.2 Å². The molecule has 0 saturated carbocycles. The van der Waals surface area contributed by atoms with Gasteiger partial charge in [0.2, 0.25) is 35.4 Å². The summed E-state index contributed by atoms with van der Waals surface area (Å²) in [7, 11) is 0. The standard InChI is InChI=1S/C53H58FN9O14/c1-3-53(75)34-19-38-48-32(24-63(38)50(73)33(34)25-77-51(53)74)47-46-31(29(2)35(54)20-36(46)60-48)15-16-52(47,27-64)61-43(69)26-76-28-58-41(67)22-57-49(72)37(18-30-10-6-4-7-11-30)59-42(68)23-56-40(66)21-55-39(65)12-8-5-9-17-62-44(70)13-14-45(62)71/h4,6-7,10-11,13-14,19-20,37,64,75H,3,5,8-9,12,15-18,21-28H2,1-2H3,(H,55,65)(H,56,66)(H,57,72)(H,58,67)(H,59,68)(H,61,69)/t37-,52+,53-/m0/s1. The monoisotopic (exact) mass is 1060 g/mol. The highest BCUT2D eigenvalue weighted by atomic mass is 19.1. The molecule has 77 heavy (non-hydrogen) atoms. The third-order valence-corrected chi connectivity index (χ3v) is 14.3. The minimum atomic E-state index is -2.10. The number of imide groups is 1. The Morgan fingerprint density at radius 3 is 2.29 bits per heavy atom. The Hall–Kier alpha value is -8.22. The summed E-state index contributed by atoms with van der Waals surface area (Å²) in [6.45, 7) is -0.243. The Morgan fingerprint density at radius 2 is 1.56 bits per heavy atom. The number of rotatable bonds is 23. The molecule has 3 aliphatic heterocycles. The summed E-state index contributed by atoms with van der Waals surface area (Å²) in [4.78, 5) is 134. The molecule has 4 aliphatic rings. The number of fused-ring (bicyclic) bond motifs is 5. The van der Waals surface area contributed by atoms with E-state index in [4.69, 9.17) is 14.5 Å². The molecule has 23 nitrogen and oxygen atoms in total. The van der Waals surface area contributed by atoms with Crippen LogP contribution in [0.25, 0.3) is 22.3 Å². The summed E-state index contributed by atoms with van der Waals surface area (Å²) in [6.07, 6.45) is 4.29. The summed E-state index contributed by atoms with van der Waals surface area (Å²) in [5, 5.41) is 38.3. The van der Waals surface area contributed by atoms with Gasteiger partial charge >= 0.3 is 5.97 Å². The van der Waals surface area contributed by atoms with Crippen LogP contribution in [0.15, 0.2) is 59.4 Å². The molecule has 1 aliphatic carbocycles. The molecule has 2 aromatic carbocycles. The number of carbonyl (C=O) groups excluding carboxylic acids is 9. The molecule has 0 fully saturated rings. The van der Waals surface area contributed by atoms with Crippen molar-refractivity contribution in [2.75, 3.05) is 46.1 Å². The van der Waals surface area contributed by atoms with Gasteiger partial charge in [-0.15, -0.1) is 0 Å². The lowest BCUT2D eigenvalue weighted by Crippen LogP contribution is -2.53. The zero-order valence-electron chi connectivity index (χ0n) is 42.3. The van der Waals surface area contributed by atoms with Crippen molar-refractivity contribution in [3.8, 4) is 11.4 Å². The van der Waals surface area contributed by atoms with Crippen LogP contribution in [0.5, 0.6) is 0 Å². The second-order valence-electron chi connectivity index (χ2n) is 19.2. The first kappa shape index (κ1) is 55.0. The number of pyridine rings is 2. The lowest BCUT2D eigenvalue weighted by atomic mass is 9.73. The Morgan fingerprint density at radius 1 is 0.857 bits per heavy atom. The predicted octanol–water partition coefficient (Wildman–Crippen LogP) is -0.571. The van der Waals surface area contributed by atoms with Gasteiger partial charge in [0.25, 0.3) is 17.4 Å². The Labute approximate surface area is 439 Å². The summed E-state index contributed by atoms with van der Waals surface area (Å²) in [5.74, 6) is -6.15. The van der Waals surface area contributed by atoms with E-state index in [-0.39, 0.29) is 91.6 Å². The van der Waals surface area contributed by atoms with Crippen LogP contribution in [0, 0.1) is 12.7 Å². The van der Waals surface area contributed by atoms with Crippen molar-refractivity contribution < 1.29 is 67.2 Å². The maximum Gasteiger partial charge on any atom is 0.343 e. The number of aliphatic hydroxyl groups is 2. The van der Waals surface area contributed by atoms with E-state index in [1.54, 1.807) is 44.2 Å². The zero-order chi connectivity index (χ0) is 55.2. The molecule has 0 unspecified atom stereocenters. The summed E-state index contributed by atoms with van der Waals surface area (Å²) in [6, 6.07) is 10.3. The molecule has 3 atom stereocenters. The normalized spacial score (nSPS) is 18.2. The number of unbranched alkanes of at least 4 members (excludes halogenated alkanes) is 2. The number of halogens is 1. The first-order valence-corrected chi connectivity index (χ1v) is 25.1. The lowest BCUT2D eigenvalue weighted by Gasteiger charge is -2.40. The topological polar surface area (TPSA) is 323 Å². The highest BCUT2D eigenvalue weighted by molar-refractivity contribution is 6.12. The van der Waals surface area contributed by atoms with Gasteiger partial charge in [-0.1, -0.05) is 43.7 Å². The number of aryl methyl sites for hydroxylation is 1. The number of aromatic nitrogens is 2. The quantitative estimate of drug-likeness (QED) is 0.0176. The number of amides is 8. The van der Waals surface area contributed by atoms with Crippen LogP contribution in [0.4, 0.5) is 4.39 Å². The molecule has 406 valence electrons. The molecule has 5 heterocycles. The molecule has 0 spiro atoms. The third-order valence-electron chi connectivity index (χ3n) is 14.3. The zero-order valence-corrected chi connectivity index (χ0v) is 42.3. The summed E-state index contributed by atoms with van der Waals surface area (Å²) >= 11 is 0. The molecule has 8 rings (SSSR count). The number of ether oxygens (including phenoxy) is 2. The number of hydrogen-bond acceptors (Lipinski definition) is 15. The highest BCUT2D eigenvalue weighted by Gasteiger charge is 2.48. The first-order chi connectivity index (χ1) is 36.9. The second-order valence-corrected chi connectivity index (χ2v) is 19.2. The maximum atomic E-state index is 15.5. The van der Waals surface area contributed by atoms with E-state index in [0.29, 0.717) is 52.5 Å². The molecule has 0 bridgehead atoms. The molecule has 24 heteroatoms. The third kappa shape index (κ3) is 11.6.